The Labute approximate surface area is 245 Å². The Kier molecular flexibility index (Phi) is 6.34. The minimum Gasteiger partial charge on any atom is -0.416 e. The molecule has 1 saturated carbocycles. The summed E-state index contributed by atoms with van der Waals surface area (Å²) in [6.07, 6.45) is 10.8. The molecule has 1 spiro atoms. The van der Waals surface area contributed by atoms with Gasteiger partial charge in [0.2, 0.25) is 17.7 Å². The Morgan fingerprint density at radius 3 is 2.63 bits per heavy atom. The molecule has 9 rings (SSSR count). The maximum absolute atomic E-state index is 13.9. The summed E-state index contributed by atoms with van der Waals surface area (Å²) in [7, 11) is 0. The second-order valence-corrected chi connectivity index (χ2v) is 13.7. The lowest BCUT2D eigenvalue weighted by Gasteiger charge is -2.49. The average Bonchev–Trinajstić information content (AvgIpc) is 3.73. The summed E-state index contributed by atoms with van der Waals surface area (Å²) in [5, 5.41) is 9.72. The molecular weight excluding hydrogens is 534 g/mol. The Hall–Kier alpha value is -3.27. The molecule has 1 unspecified atom stereocenters. The van der Waals surface area contributed by atoms with Gasteiger partial charge in [-0.3, -0.25) is 4.79 Å². The number of piperidine rings is 3. The van der Waals surface area contributed by atoms with Crippen molar-refractivity contribution >= 4 is 35.0 Å². The van der Waals surface area contributed by atoms with E-state index in [0.717, 1.165) is 98.4 Å². The third kappa shape index (κ3) is 4.94. The molecule has 3 saturated heterocycles. The third-order valence-electron chi connectivity index (χ3n) is 9.75. The largest absolute Gasteiger partial charge is 0.416 e. The standard InChI is InChI=1S/C31H37N7O2S/c39-30-22-3-1-13-37(19-22)27-17-21(8-12-32-27)28-33-34-29(40-28)25-7-4-23(35-41-24-5-6-24)18-26(25)36-15-10-31(11-16-36)9-2-14-38(30)20-31/h4,7-8,12,17-18,22,24,35H,1-3,5-6,9-11,13-16,19-20H2. The lowest BCUT2D eigenvalue weighted by molar-refractivity contribution is -0.139. The molecule has 0 radical (unpaired) electrons. The molecule has 41 heavy (non-hydrogen) atoms. The van der Waals surface area contributed by atoms with Gasteiger partial charge in [0, 0.05) is 62.0 Å². The van der Waals surface area contributed by atoms with Gasteiger partial charge in [-0.2, -0.15) is 0 Å². The van der Waals surface area contributed by atoms with Crippen molar-refractivity contribution in [2.24, 2.45) is 11.3 Å². The molecular formula is C31H37N7O2S. The predicted octanol–water partition coefficient (Wildman–Crippen LogP) is 5.46. The highest BCUT2D eigenvalue weighted by molar-refractivity contribution is 8.01. The zero-order valence-electron chi connectivity index (χ0n) is 23.4. The highest BCUT2D eigenvalue weighted by Gasteiger charge is 2.42. The van der Waals surface area contributed by atoms with E-state index in [0.29, 0.717) is 24.2 Å². The van der Waals surface area contributed by atoms with Gasteiger partial charge in [0.1, 0.15) is 5.82 Å². The quantitative estimate of drug-likeness (QED) is 0.412. The van der Waals surface area contributed by atoms with Crippen molar-refractivity contribution in [1.29, 1.82) is 0 Å². The van der Waals surface area contributed by atoms with Gasteiger partial charge in [0.05, 0.1) is 17.2 Å². The fourth-order valence-corrected chi connectivity index (χ4v) is 8.02. The molecule has 3 aromatic rings. The maximum atomic E-state index is 13.9. The topological polar surface area (TPSA) is 90.6 Å². The van der Waals surface area contributed by atoms with Crippen LogP contribution in [0, 0.1) is 11.3 Å². The molecule has 2 aromatic heterocycles. The summed E-state index contributed by atoms with van der Waals surface area (Å²) in [4.78, 5) is 25.5. The minimum absolute atomic E-state index is 0.0182. The number of pyridine rings is 1. The summed E-state index contributed by atoms with van der Waals surface area (Å²) < 4.78 is 9.93. The molecule has 9 bridgehead atoms. The van der Waals surface area contributed by atoms with Crippen molar-refractivity contribution in [2.75, 3.05) is 53.8 Å². The average molecular weight is 572 g/mol. The van der Waals surface area contributed by atoms with Gasteiger partial charge in [0.25, 0.3) is 0 Å². The van der Waals surface area contributed by atoms with Crippen LogP contribution in [0.2, 0.25) is 0 Å². The molecule has 1 atom stereocenters. The Balaban J connectivity index is 1.19. The molecule has 1 aromatic carbocycles. The number of nitrogens with zero attached hydrogens (tertiary/aromatic N) is 6. The number of rotatable bonds is 3. The summed E-state index contributed by atoms with van der Waals surface area (Å²) in [6.45, 7) is 5.31. The van der Waals surface area contributed by atoms with E-state index < -0.39 is 0 Å². The fraction of sp³-hybridized carbons (Fsp3) is 0.548. The lowest BCUT2D eigenvalue weighted by Crippen LogP contribution is -2.54. The van der Waals surface area contributed by atoms with E-state index in [1.165, 1.54) is 19.3 Å². The van der Waals surface area contributed by atoms with E-state index >= 15 is 0 Å². The van der Waals surface area contributed by atoms with Crippen LogP contribution < -0.4 is 14.5 Å². The van der Waals surface area contributed by atoms with Crippen LogP contribution in [-0.4, -0.2) is 70.5 Å². The van der Waals surface area contributed by atoms with Crippen LogP contribution in [0.5, 0.6) is 0 Å². The zero-order chi connectivity index (χ0) is 27.4. The van der Waals surface area contributed by atoms with E-state index in [2.05, 4.69) is 52.8 Å². The zero-order valence-corrected chi connectivity index (χ0v) is 24.2. The summed E-state index contributed by atoms with van der Waals surface area (Å²) >= 11 is 1.82. The minimum atomic E-state index is 0.0182. The molecule has 1 N–H and O–H groups in total. The molecule has 214 valence electrons. The summed E-state index contributed by atoms with van der Waals surface area (Å²) in [6, 6.07) is 10.4. The van der Waals surface area contributed by atoms with Crippen LogP contribution in [0.15, 0.2) is 40.9 Å². The second-order valence-electron chi connectivity index (χ2n) is 12.6. The number of benzene rings is 1. The van der Waals surface area contributed by atoms with Gasteiger partial charge in [-0.15, -0.1) is 10.2 Å². The van der Waals surface area contributed by atoms with Crippen LogP contribution in [0.1, 0.15) is 51.4 Å². The SMILES string of the molecule is O=C1C2CCCN(C2)c2cc(ccn2)-c2nnc(o2)-c2ccc(NSC3CC3)cc2N2CCC3(CCCN1C3)CC2. The number of nitrogens with one attached hydrogen (secondary N) is 1. The van der Waals surface area contributed by atoms with E-state index in [1.54, 1.807) is 6.20 Å². The van der Waals surface area contributed by atoms with Crippen molar-refractivity contribution in [2.45, 2.75) is 56.6 Å². The fourth-order valence-electron chi connectivity index (χ4n) is 7.22. The van der Waals surface area contributed by atoms with Crippen LogP contribution in [0.4, 0.5) is 17.2 Å². The Morgan fingerprint density at radius 1 is 0.902 bits per heavy atom. The molecule has 1 aliphatic carbocycles. The number of fused-ring (bicyclic) bond motifs is 2. The van der Waals surface area contributed by atoms with Gasteiger partial charge >= 0.3 is 0 Å². The normalized spacial score (nSPS) is 25.9. The Bertz CT molecular complexity index is 1450. The monoisotopic (exact) mass is 571 g/mol. The van der Waals surface area contributed by atoms with Gasteiger partial charge < -0.3 is 23.8 Å². The number of carbonyl (C=O) groups is 1. The number of amides is 1. The Morgan fingerprint density at radius 2 is 1.76 bits per heavy atom. The molecule has 5 aliphatic heterocycles. The molecule has 7 heterocycles. The number of hydrogen-bond donors (Lipinski definition) is 1. The van der Waals surface area contributed by atoms with Crippen molar-refractivity contribution in [3.8, 4) is 22.9 Å². The van der Waals surface area contributed by atoms with Crippen molar-refractivity contribution in [3.63, 3.8) is 0 Å². The van der Waals surface area contributed by atoms with Crippen LogP contribution in [0.25, 0.3) is 22.9 Å². The van der Waals surface area contributed by atoms with E-state index in [1.807, 2.05) is 24.1 Å². The van der Waals surface area contributed by atoms with Gasteiger partial charge in [-0.25, -0.2) is 4.98 Å². The van der Waals surface area contributed by atoms with Crippen molar-refractivity contribution < 1.29 is 9.21 Å². The van der Waals surface area contributed by atoms with Gasteiger partial charge in [-0.1, -0.05) is 0 Å². The van der Waals surface area contributed by atoms with Gasteiger partial charge in [-0.05, 0) is 99.1 Å². The first-order valence-electron chi connectivity index (χ1n) is 15.3. The molecule has 10 heteroatoms. The number of hydrogen-bond acceptors (Lipinski definition) is 9. The highest BCUT2D eigenvalue weighted by atomic mass is 32.2. The van der Waals surface area contributed by atoms with Crippen LogP contribution in [-0.2, 0) is 4.79 Å². The first-order chi connectivity index (χ1) is 20.1. The predicted molar refractivity (Wildman–Crippen MR) is 162 cm³/mol. The third-order valence-corrected chi connectivity index (χ3v) is 10.9. The van der Waals surface area contributed by atoms with E-state index in [9.17, 15) is 4.79 Å². The maximum Gasteiger partial charge on any atom is 0.250 e. The highest BCUT2D eigenvalue weighted by Crippen LogP contribution is 2.44. The molecule has 9 nitrogen and oxygen atoms in total. The van der Waals surface area contributed by atoms with E-state index in [4.69, 9.17) is 4.42 Å². The molecule has 1 amide bonds. The van der Waals surface area contributed by atoms with Crippen LogP contribution >= 0.6 is 11.9 Å². The summed E-state index contributed by atoms with van der Waals surface area (Å²) in [5.74, 6) is 2.26. The molecule has 4 fully saturated rings. The number of aromatic nitrogens is 3. The summed E-state index contributed by atoms with van der Waals surface area (Å²) in [5.41, 5.74) is 4.27. The van der Waals surface area contributed by atoms with E-state index in [-0.39, 0.29) is 11.3 Å². The van der Waals surface area contributed by atoms with Crippen molar-refractivity contribution in [1.82, 2.24) is 20.1 Å². The number of anilines is 3. The van der Waals surface area contributed by atoms with Gasteiger partial charge in [0.15, 0.2) is 0 Å². The van der Waals surface area contributed by atoms with Crippen molar-refractivity contribution in [3.05, 3.63) is 36.5 Å². The smallest absolute Gasteiger partial charge is 0.250 e. The first kappa shape index (κ1) is 25.4. The number of carbonyl (C=O) groups excluding carboxylic acids is 1. The van der Waals surface area contributed by atoms with Crippen LogP contribution in [0.3, 0.4) is 0 Å². The molecule has 6 aliphatic rings. The lowest BCUT2D eigenvalue weighted by atomic mass is 9.72. The second kappa shape index (κ2) is 10.2. The first-order valence-corrected chi connectivity index (χ1v) is 16.2.